The number of aliphatic hydroxyl groups excluding tert-OH is 1. The highest BCUT2D eigenvalue weighted by Crippen LogP contribution is 2.22. The van der Waals surface area contributed by atoms with Gasteiger partial charge in [-0.3, -0.25) is 4.79 Å². The lowest BCUT2D eigenvalue weighted by Crippen LogP contribution is -2.42. The van der Waals surface area contributed by atoms with E-state index in [0.717, 1.165) is 6.42 Å². The van der Waals surface area contributed by atoms with E-state index in [-0.39, 0.29) is 17.4 Å². The van der Waals surface area contributed by atoms with Crippen LogP contribution in [0.25, 0.3) is 0 Å². The standard InChI is InChI=1S/C12H15F2NO3S/c13-12(14)19-7-9-3-4-10(18-9)11(17)15-5-1-2-8(16)6-15/h3-4,8,12,16H,1-2,5-7H2/t8-/m0/s1. The number of aliphatic hydroxyl groups is 1. The summed E-state index contributed by atoms with van der Waals surface area (Å²) >= 11 is 0.453. The average molecular weight is 291 g/mol. The van der Waals surface area contributed by atoms with Crippen molar-refractivity contribution in [1.29, 1.82) is 0 Å². The SMILES string of the molecule is O=C(c1ccc(CSC(F)F)o1)N1CCC[C@H](O)C1. The van der Waals surface area contributed by atoms with Gasteiger partial charge < -0.3 is 14.4 Å². The van der Waals surface area contributed by atoms with Crippen molar-refractivity contribution in [2.24, 2.45) is 0 Å². The molecule has 0 aliphatic carbocycles. The van der Waals surface area contributed by atoms with Crippen molar-refractivity contribution in [2.45, 2.75) is 30.5 Å². The Kier molecular flexibility index (Phi) is 4.81. The fourth-order valence-electron chi connectivity index (χ4n) is 2.01. The van der Waals surface area contributed by atoms with Crippen LogP contribution in [0.4, 0.5) is 8.78 Å². The molecular formula is C12H15F2NO3S. The van der Waals surface area contributed by atoms with Crippen LogP contribution in [0.3, 0.4) is 0 Å². The smallest absolute Gasteiger partial charge is 0.289 e. The van der Waals surface area contributed by atoms with Crippen LogP contribution in [0.1, 0.15) is 29.2 Å². The van der Waals surface area contributed by atoms with Gasteiger partial charge in [0.25, 0.3) is 11.7 Å². The van der Waals surface area contributed by atoms with Crippen molar-refractivity contribution in [3.8, 4) is 0 Å². The molecule has 2 heterocycles. The summed E-state index contributed by atoms with van der Waals surface area (Å²) in [5, 5.41) is 9.51. The topological polar surface area (TPSA) is 53.7 Å². The number of halogens is 2. The van der Waals surface area contributed by atoms with E-state index in [9.17, 15) is 18.7 Å². The van der Waals surface area contributed by atoms with Crippen LogP contribution in [0.15, 0.2) is 16.5 Å². The lowest BCUT2D eigenvalue weighted by molar-refractivity contribution is 0.0447. The van der Waals surface area contributed by atoms with Crippen LogP contribution in [-0.4, -0.2) is 40.9 Å². The molecule has 1 aliphatic heterocycles. The normalized spacial score (nSPS) is 20.0. The number of rotatable bonds is 4. The van der Waals surface area contributed by atoms with E-state index in [0.29, 0.717) is 37.0 Å². The monoisotopic (exact) mass is 291 g/mol. The number of amides is 1. The van der Waals surface area contributed by atoms with Crippen LogP contribution in [0, 0.1) is 0 Å². The zero-order valence-electron chi connectivity index (χ0n) is 10.2. The van der Waals surface area contributed by atoms with Gasteiger partial charge >= 0.3 is 0 Å². The maximum Gasteiger partial charge on any atom is 0.289 e. The van der Waals surface area contributed by atoms with Gasteiger partial charge in [0, 0.05) is 13.1 Å². The summed E-state index contributed by atoms with van der Waals surface area (Å²) in [6.07, 6.45) is 0.946. The molecule has 1 aromatic rings. The molecule has 1 N–H and O–H groups in total. The second-order valence-corrected chi connectivity index (χ2v) is 5.36. The summed E-state index contributed by atoms with van der Waals surface area (Å²) in [6, 6.07) is 3.02. The van der Waals surface area contributed by atoms with Gasteiger partial charge in [-0.15, -0.1) is 0 Å². The lowest BCUT2D eigenvalue weighted by atomic mass is 10.1. The molecule has 0 spiro atoms. The first-order chi connectivity index (χ1) is 9.06. The molecule has 0 aromatic carbocycles. The lowest BCUT2D eigenvalue weighted by Gasteiger charge is -2.29. The Hall–Kier alpha value is -1.08. The van der Waals surface area contributed by atoms with Gasteiger partial charge in [-0.2, -0.15) is 8.78 Å². The molecule has 1 aliphatic rings. The number of alkyl halides is 2. The highest BCUT2D eigenvalue weighted by Gasteiger charge is 2.25. The summed E-state index contributed by atoms with van der Waals surface area (Å²) in [6.45, 7) is 0.873. The van der Waals surface area contributed by atoms with Gasteiger partial charge in [-0.1, -0.05) is 11.8 Å². The highest BCUT2D eigenvalue weighted by molar-refractivity contribution is 7.98. The largest absolute Gasteiger partial charge is 0.455 e. The Balaban J connectivity index is 1.95. The fraction of sp³-hybridized carbons (Fsp3) is 0.583. The third-order valence-electron chi connectivity index (χ3n) is 2.91. The van der Waals surface area contributed by atoms with Gasteiger partial charge in [0.1, 0.15) is 5.76 Å². The number of likely N-dealkylation sites (tertiary alicyclic amines) is 1. The van der Waals surface area contributed by atoms with Crippen molar-refractivity contribution < 1.29 is 23.1 Å². The number of nitrogens with zero attached hydrogens (tertiary/aromatic N) is 1. The van der Waals surface area contributed by atoms with E-state index in [1.807, 2.05) is 0 Å². The number of β-amino-alcohol motifs (C(OH)–C–C–N with tert-alkyl or cyclic N) is 1. The maximum atomic E-state index is 12.1. The Morgan fingerprint density at radius 3 is 3.05 bits per heavy atom. The van der Waals surface area contributed by atoms with Gasteiger partial charge in [0.05, 0.1) is 11.9 Å². The van der Waals surface area contributed by atoms with Crippen molar-refractivity contribution in [3.05, 3.63) is 23.7 Å². The summed E-state index contributed by atoms with van der Waals surface area (Å²) in [5.41, 5.74) is 0. The molecule has 0 unspecified atom stereocenters. The molecule has 1 amide bonds. The number of carbonyl (C=O) groups is 1. The van der Waals surface area contributed by atoms with Gasteiger partial charge in [0.2, 0.25) is 0 Å². The molecule has 2 rings (SSSR count). The number of hydrogen-bond donors (Lipinski definition) is 1. The van der Waals surface area contributed by atoms with Crippen LogP contribution >= 0.6 is 11.8 Å². The van der Waals surface area contributed by atoms with E-state index in [1.165, 1.54) is 17.0 Å². The molecule has 1 saturated heterocycles. The number of carbonyl (C=O) groups excluding carboxylic acids is 1. The molecule has 1 aromatic heterocycles. The third-order valence-corrected chi connectivity index (χ3v) is 3.61. The fourth-order valence-corrected chi connectivity index (χ4v) is 2.46. The molecule has 4 nitrogen and oxygen atoms in total. The van der Waals surface area contributed by atoms with E-state index in [1.54, 1.807) is 0 Å². The van der Waals surface area contributed by atoms with Gasteiger partial charge in [-0.25, -0.2) is 0 Å². The zero-order chi connectivity index (χ0) is 13.8. The third kappa shape index (κ3) is 3.94. The van der Waals surface area contributed by atoms with Crippen molar-refractivity contribution in [2.75, 3.05) is 13.1 Å². The highest BCUT2D eigenvalue weighted by atomic mass is 32.2. The first-order valence-corrected chi connectivity index (χ1v) is 7.07. The molecule has 1 fully saturated rings. The predicted octanol–water partition coefficient (Wildman–Crippen LogP) is 2.33. The summed E-state index contributed by atoms with van der Waals surface area (Å²) in [7, 11) is 0. The second kappa shape index (κ2) is 6.38. The Labute approximate surface area is 113 Å². The Morgan fingerprint density at radius 1 is 1.58 bits per heavy atom. The first-order valence-electron chi connectivity index (χ1n) is 6.02. The number of thioether (sulfide) groups is 1. The van der Waals surface area contributed by atoms with E-state index in [4.69, 9.17) is 4.42 Å². The van der Waals surface area contributed by atoms with Crippen molar-refractivity contribution in [1.82, 2.24) is 4.90 Å². The number of hydrogen-bond acceptors (Lipinski definition) is 4. The molecule has 7 heteroatoms. The quantitative estimate of drug-likeness (QED) is 0.925. The summed E-state index contributed by atoms with van der Waals surface area (Å²) in [5.74, 6) is -2.23. The Morgan fingerprint density at radius 2 is 2.37 bits per heavy atom. The molecule has 0 bridgehead atoms. The minimum absolute atomic E-state index is 0.0353. The summed E-state index contributed by atoms with van der Waals surface area (Å²) in [4.78, 5) is 13.6. The maximum absolute atomic E-state index is 12.1. The van der Waals surface area contributed by atoms with E-state index in [2.05, 4.69) is 0 Å². The second-order valence-electron chi connectivity index (χ2n) is 4.38. The molecule has 106 valence electrons. The van der Waals surface area contributed by atoms with Crippen LogP contribution in [0.2, 0.25) is 0 Å². The Bertz CT molecular complexity index is 438. The van der Waals surface area contributed by atoms with Gasteiger partial charge in [-0.05, 0) is 25.0 Å². The van der Waals surface area contributed by atoms with Gasteiger partial charge in [0.15, 0.2) is 5.76 Å². The molecular weight excluding hydrogens is 276 g/mol. The van der Waals surface area contributed by atoms with Crippen LogP contribution in [0.5, 0.6) is 0 Å². The van der Waals surface area contributed by atoms with Crippen LogP contribution in [-0.2, 0) is 5.75 Å². The average Bonchev–Trinajstić information content (AvgIpc) is 2.84. The van der Waals surface area contributed by atoms with Crippen molar-refractivity contribution in [3.63, 3.8) is 0 Å². The first kappa shape index (κ1) is 14.3. The molecule has 1 atom stereocenters. The number of piperidine rings is 1. The minimum atomic E-state index is -2.46. The van der Waals surface area contributed by atoms with E-state index >= 15 is 0 Å². The zero-order valence-corrected chi connectivity index (χ0v) is 11.0. The molecule has 0 saturated carbocycles. The van der Waals surface area contributed by atoms with E-state index < -0.39 is 11.9 Å². The summed E-state index contributed by atoms with van der Waals surface area (Å²) < 4.78 is 29.3. The van der Waals surface area contributed by atoms with Crippen molar-refractivity contribution >= 4 is 17.7 Å². The van der Waals surface area contributed by atoms with Crippen LogP contribution < -0.4 is 0 Å². The molecule has 19 heavy (non-hydrogen) atoms. The number of furan rings is 1. The predicted molar refractivity (Wildman–Crippen MR) is 67.2 cm³/mol. The minimum Gasteiger partial charge on any atom is -0.455 e. The molecule has 0 radical (unpaired) electrons.